The van der Waals surface area contributed by atoms with E-state index in [-0.39, 0.29) is 0 Å². The molecule has 0 aromatic heterocycles. The van der Waals surface area contributed by atoms with E-state index in [1.165, 1.54) is 3.57 Å². The van der Waals surface area contributed by atoms with Crippen LogP contribution in [0.4, 0.5) is 0 Å². The average molecular weight is 274 g/mol. The van der Waals surface area contributed by atoms with Crippen LogP contribution in [0, 0.1) is 3.57 Å². The molecule has 0 radical (unpaired) electrons. The molecule has 12 heavy (non-hydrogen) atoms. The van der Waals surface area contributed by atoms with Crippen molar-refractivity contribution >= 4 is 22.6 Å². The molecule has 0 unspecified atom stereocenters. The van der Waals surface area contributed by atoms with Crippen molar-refractivity contribution in [1.82, 2.24) is 0 Å². The normalized spacial score (nSPS) is 20.2. The summed E-state index contributed by atoms with van der Waals surface area (Å²) in [6.45, 7) is 0. The number of aliphatic hydroxyl groups is 1. The predicted octanol–water partition coefficient (Wildman–Crippen LogP) is 2.66. The molecule has 1 N–H and O–H groups in total. The van der Waals surface area contributed by atoms with Crippen molar-refractivity contribution in [3.05, 3.63) is 33.4 Å². The summed E-state index contributed by atoms with van der Waals surface area (Å²) in [5.41, 5.74) is 0.582. The molecule has 1 aromatic carbocycles. The SMILES string of the molecule is OC1(c2ccc(I)cc2)CCC1. The number of hydrogen-bond donors (Lipinski definition) is 1. The van der Waals surface area contributed by atoms with Gasteiger partial charge in [-0.25, -0.2) is 0 Å². The second-order valence-corrected chi connectivity index (χ2v) is 4.64. The minimum absolute atomic E-state index is 0.496. The molecule has 0 aliphatic heterocycles. The van der Waals surface area contributed by atoms with Gasteiger partial charge in [-0.3, -0.25) is 0 Å². The van der Waals surface area contributed by atoms with Crippen LogP contribution in [0.25, 0.3) is 0 Å². The topological polar surface area (TPSA) is 20.2 Å². The molecule has 1 saturated carbocycles. The fraction of sp³-hybridized carbons (Fsp3) is 0.400. The van der Waals surface area contributed by atoms with Crippen LogP contribution >= 0.6 is 22.6 Å². The van der Waals surface area contributed by atoms with Gasteiger partial charge in [-0.2, -0.15) is 0 Å². The molecule has 1 aliphatic rings. The number of halogens is 1. The van der Waals surface area contributed by atoms with Crippen LogP contribution in [0.3, 0.4) is 0 Å². The van der Waals surface area contributed by atoms with Crippen molar-refractivity contribution in [2.45, 2.75) is 24.9 Å². The highest BCUT2D eigenvalue weighted by molar-refractivity contribution is 14.1. The second-order valence-electron chi connectivity index (χ2n) is 3.39. The van der Waals surface area contributed by atoms with Crippen molar-refractivity contribution in [3.8, 4) is 0 Å². The van der Waals surface area contributed by atoms with E-state index >= 15 is 0 Å². The Kier molecular flexibility index (Phi) is 2.12. The van der Waals surface area contributed by atoms with Gasteiger partial charge >= 0.3 is 0 Å². The Balaban J connectivity index is 2.28. The molecular formula is C10H11IO. The van der Waals surface area contributed by atoms with Crippen LogP contribution in [0.2, 0.25) is 0 Å². The largest absolute Gasteiger partial charge is 0.385 e. The van der Waals surface area contributed by atoms with Gasteiger partial charge in [0.15, 0.2) is 0 Å². The fourth-order valence-corrected chi connectivity index (χ4v) is 1.92. The zero-order valence-electron chi connectivity index (χ0n) is 6.76. The number of hydrogen-bond acceptors (Lipinski definition) is 1. The molecule has 1 fully saturated rings. The van der Waals surface area contributed by atoms with E-state index in [0.717, 1.165) is 24.8 Å². The predicted molar refractivity (Wildman–Crippen MR) is 56.9 cm³/mol. The summed E-state index contributed by atoms with van der Waals surface area (Å²) in [6.07, 6.45) is 3.00. The van der Waals surface area contributed by atoms with E-state index < -0.39 is 5.60 Å². The van der Waals surface area contributed by atoms with Crippen LogP contribution < -0.4 is 0 Å². The standard InChI is InChI=1S/C10H11IO/c11-9-4-2-8(3-5-9)10(12)6-1-7-10/h2-5,12H,1,6-7H2. The highest BCUT2D eigenvalue weighted by atomic mass is 127. The molecule has 2 rings (SSSR count). The van der Waals surface area contributed by atoms with E-state index in [0.29, 0.717) is 0 Å². The third kappa shape index (κ3) is 1.38. The van der Waals surface area contributed by atoms with Crippen LogP contribution in [0.1, 0.15) is 24.8 Å². The van der Waals surface area contributed by atoms with Crippen molar-refractivity contribution in [3.63, 3.8) is 0 Å². The van der Waals surface area contributed by atoms with E-state index in [1.807, 2.05) is 24.3 Å². The molecule has 1 nitrogen and oxygen atoms in total. The first kappa shape index (κ1) is 8.51. The quantitative estimate of drug-likeness (QED) is 0.780. The molecule has 0 atom stereocenters. The summed E-state index contributed by atoms with van der Waals surface area (Å²) in [5.74, 6) is 0. The second kappa shape index (κ2) is 3.00. The Bertz CT molecular complexity index is 274. The third-order valence-electron chi connectivity index (χ3n) is 2.56. The molecule has 1 aromatic rings. The molecular weight excluding hydrogens is 263 g/mol. The Morgan fingerprint density at radius 3 is 2.17 bits per heavy atom. The van der Waals surface area contributed by atoms with Gasteiger partial charge in [0.05, 0.1) is 5.60 Å². The number of benzene rings is 1. The first-order chi connectivity index (χ1) is 5.71. The highest BCUT2D eigenvalue weighted by Crippen LogP contribution is 2.40. The minimum Gasteiger partial charge on any atom is -0.385 e. The first-order valence-corrected chi connectivity index (χ1v) is 5.27. The summed E-state index contributed by atoms with van der Waals surface area (Å²) in [5, 5.41) is 9.97. The zero-order valence-corrected chi connectivity index (χ0v) is 8.91. The summed E-state index contributed by atoms with van der Waals surface area (Å²) < 4.78 is 1.22. The molecule has 0 spiro atoms. The van der Waals surface area contributed by atoms with Crippen molar-refractivity contribution < 1.29 is 5.11 Å². The summed E-state index contributed by atoms with van der Waals surface area (Å²) >= 11 is 2.27. The third-order valence-corrected chi connectivity index (χ3v) is 3.28. The van der Waals surface area contributed by atoms with Gasteiger partial charge in [0.2, 0.25) is 0 Å². The Labute approximate surface area is 85.9 Å². The highest BCUT2D eigenvalue weighted by Gasteiger charge is 2.35. The Morgan fingerprint density at radius 2 is 1.75 bits per heavy atom. The van der Waals surface area contributed by atoms with Gasteiger partial charge in [0.1, 0.15) is 0 Å². The van der Waals surface area contributed by atoms with Gasteiger partial charge < -0.3 is 5.11 Å². The lowest BCUT2D eigenvalue weighted by atomic mass is 9.75. The molecule has 1 aliphatic carbocycles. The Morgan fingerprint density at radius 1 is 1.17 bits per heavy atom. The lowest BCUT2D eigenvalue weighted by molar-refractivity contribution is -0.0388. The Hall–Kier alpha value is -0.0900. The summed E-state index contributed by atoms with van der Waals surface area (Å²) in [6, 6.07) is 8.15. The molecule has 0 bridgehead atoms. The van der Waals surface area contributed by atoms with Gasteiger partial charge in [-0.15, -0.1) is 0 Å². The fourth-order valence-electron chi connectivity index (χ4n) is 1.56. The number of rotatable bonds is 1. The van der Waals surface area contributed by atoms with Crippen molar-refractivity contribution in [2.24, 2.45) is 0 Å². The summed E-state index contributed by atoms with van der Waals surface area (Å²) in [4.78, 5) is 0. The van der Waals surface area contributed by atoms with Crippen LogP contribution in [0.5, 0.6) is 0 Å². The van der Waals surface area contributed by atoms with Gasteiger partial charge in [-0.1, -0.05) is 12.1 Å². The van der Waals surface area contributed by atoms with Gasteiger partial charge in [0, 0.05) is 3.57 Å². The van der Waals surface area contributed by atoms with Crippen LogP contribution in [0.15, 0.2) is 24.3 Å². The smallest absolute Gasteiger partial charge is 0.0896 e. The maximum atomic E-state index is 9.97. The van der Waals surface area contributed by atoms with Gasteiger partial charge in [0.25, 0.3) is 0 Å². The zero-order chi connectivity index (χ0) is 8.60. The van der Waals surface area contributed by atoms with Crippen molar-refractivity contribution in [1.29, 1.82) is 0 Å². The minimum atomic E-state index is -0.496. The molecule has 64 valence electrons. The van der Waals surface area contributed by atoms with Crippen molar-refractivity contribution in [2.75, 3.05) is 0 Å². The molecule has 0 heterocycles. The maximum Gasteiger partial charge on any atom is 0.0896 e. The van der Waals surface area contributed by atoms with Crippen LogP contribution in [-0.2, 0) is 5.60 Å². The van der Waals surface area contributed by atoms with E-state index in [9.17, 15) is 5.11 Å². The van der Waals surface area contributed by atoms with E-state index in [4.69, 9.17) is 0 Å². The lowest BCUT2D eigenvalue weighted by Gasteiger charge is -2.37. The lowest BCUT2D eigenvalue weighted by Crippen LogP contribution is -2.33. The monoisotopic (exact) mass is 274 g/mol. The van der Waals surface area contributed by atoms with E-state index in [2.05, 4.69) is 22.6 Å². The molecule has 0 amide bonds. The van der Waals surface area contributed by atoms with Gasteiger partial charge in [-0.05, 0) is 59.5 Å². The van der Waals surface area contributed by atoms with Crippen LogP contribution in [-0.4, -0.2) is 5.11 Å². The van der Waals surface area contributed by atoms with E-state index in [1.54, 1.807) is 0 Å². The average Bonchev–Trinajstić information content (AvgIpc) is 2.02. The summed E-state index contributed by atoms with van der Waals surface area (Å²) in [7, 11) is 0. The molecule has 2 heteroatoms. The maximum absolute atomic E-state index is 9.97. The molecule has 0 saturated heterocycles. The first-order valence-electron chi connectivity index (χ1n) is 4.19.